The second-order valence-electron chi connectivity index (χ2n) is 2.17. The third kappa shape index (κ3) is 18.5. The van der Waals surface area contributed by atoms with Gasteiger partial charge < -0.3 is 13.3 Å². The molecule has 0 rings (SSSR count). The highest BCUT2D eigenvalue weighted by Crippen LogP contribution is 1.95. The third-order valence-electron chi connectivity index (χ3n) is 0.908. The van der Waals surface area contributed by atoms with Crippen molar-refractivity contribution >= 4 is 32.7 Å². The summed E-state index contributed by atoms with van der Waals surface area (Å²) in [6.45, 7) is 9.56. The quantitative estimate of drug-likeness (QED) is 0.544. The molecule has 0 aromatic carbocycles. The molecule has 0 fully saturated rings. The van der Waals surface area contributed by atoms with Gasteiger partial charge in [-0.05, 0) is 27.7 Å². The summed E-state index contributed by atoms with van der Waals surface area (Å²) in [4.78, 5) is -0.222. The van der Waals surface area contributed by atoms with Crippen LogP contribution >= 0.6 is 23.2 Å². The maximum absolute atomic E-state index is 5.22. The molecule has 6 heteroatoms. The van der Waals surface area contributed by atoms with Crippen molar-refractivity contribution in [1.82, 2.24) is 0 Å². The van der Waals surface area contributed by atoms with Gasteiger partial charge in [-0.3, -0.25) is 0 Å². The van der Waals surface area contributed by atoms with Crippen LogP contribution in [0.5, 0.6) is 0 Å². The average Bonchev–Trinajstić information content (AvgIpc) is 2.04. The predicted molar refractivity (Wildman–Crippen MR) is 63.2 cm³/mol. The van der Waals surface area contributed by atoms with Gasteiger partial charge in [-0.1, -0.05) is 0 Å². The lowest BCUT2D eigenvalue weighted by molar-refractivity contribution is 0.107. The lowest BCUT2D eigenvalue weighted by Gasteiger charge is -2.12. The molecule has 88 valence electrons. The number of halogens is 2. The van der Waals surface area contributed by atoms with E-state index in [-0.39, 0.29) is 4.84 Å². The minimum atomic E-state index is -1.73. The first-order valence-corrected chi connectivity index (χ1v) is 7.00. The highest BCUT2D eigenvalue weighted by molar-refractivity contribution is 6.43. The van der Waals surface area contributed by atoms with E-state index in [1.807, 2.05) is 20.8 Å². The van der Waals surface area contributed by atoms with Crippen LogP contribution in [0.3, 0.4) is 0 Å². The molecule has 0 aromatic heterocycles. The molecule has 0 heterocycles. The molecule has 0 amide bonds. The third-order valence-corrected chi connectivity index (χ3v) is 2.72. The SMILES string of the molecule is CC(Cl)Cl.CCO[SiH](OCC)OCC. The van der Waals surface area contributed by atoms with Gasteiger partial charge >= 0.3 is 9.53 Å². The molecular weight excluding hydrogens is 243 g/mol. The Labute approximate surface area is 98.6 Å². The Balaban J connectivity index is 0. The minimum Gasteiger partial charge on any atom is -0.376 e. The van der Waals surface area contributed by atoms with Crippen molar-refractivity contribution in [3.63, 3.8) is 0 Å². The van der Waals surface area contributed by atoms with E-state index in [0.29, 0.717) is 19.8 Å². The molecule has 0 aliphatic heterocycles. The van der Waals surface area contributed by atoms with Gasteiger partial charge in [0, 0.05) is 19.8 Å². The zero-order valence-electron chi connectivity index (χ0n) is 9.26. The second kappa shape index (κ2) is 13.7. The summed E-state index contributed by atoms with van der Waals surface area (Å²) in [7, 11) is -1.73. The molecule has 0 aliphatic rings. The Morgan fingerprint density at radius 2 is 1.14 bits per heavy atom. The van der Waals surface area contributed by atoms with Crippen molar-refractivity contribution in [3.8, 4) is 0 Å². The molecule has 14 heavy (non-hydrogen) atoms. The Hall–Kier alpha value is 0.677. The van der Waals surface area contributed by atoms with Crippen molar-refractivity contribution in [2.24, 2.45) is 0 Å². The fourth-order valence-electron chi connectivity index (χ4n) is 0.553. The normalized spacial score (nSPS) is 10.3. The summed E-state index contributed by atoms with van der Waals surface area (Å²) < 4.78 is 15.7. The van der Waals surface area contributed by atoms with Crippen molar-refractivity contribution in [2.75, 3.05) is 19.8 Å². The van der Waals surface area contributed by atoms with Gasteiger partial charge in [0.25, 0.3) is 0 Å². The lowest BCUT2D eigenvalue weighted by Crippen LogP contribution is -2.27. The molecular formula is C8H20Cl2O3Si. The van der Waals surface area contributed by atoms with Crippen LogP contribution in [0.2, 0.25) is 0 Å². The van der Waals surface area contributed by atoms with Gasteiger partial charge in [0.2, 0.25) is 0 Å². The van der Waals surface area contributed by atoms with Crippen molar-refractivity contribution < 1.29 is 13.3 Å². The van der Waals surface area contributed by atoms with Crippen LogP contribution in [0.15, 0.2) is 0 Å². The van der Waals surface area contributed by atoms with Gasteiger partial charge in [-0.2, -0.15) is 0 Å². The standard InChI is InChI=1S/C6H16O3Si.C2H4Cl2/c1-4-7-10(8-5-2)9-6-3;1-2(3)4/h10H,4-6H2,1-3H3;2H,1H3. The summed E-state index contributed by atoms with van der Waals surface area (Å²) in [5.41, 5.74) is 0. The van der Waals surface area contributed by atoms with E-state index in [2.05, 4.69) is 0 Å². The predicted octanol–water partition coefficient (Wildman–Crippen LogP) is 2.62. The Kier molecular flexibility index (Phi) is 16.7. The average molecular weight is 263 g/mol. The van der Waals surface area contributed by atoms with Crippen molar-refractivity contribution in [3.05, 3.63) is 0 Å². The van der Waals surface area contributed by atoms with E-state index >= 15 is 0 Å². The maximum atomic E-state index is 5.22. The highest BCUT2D eigenvalue weighted by Gasteiger charge is 2.11. The van der Waals surface area contributed by atoms with Crippen LogP contribution in [0.1, 0.15) is 27.7 Å². The summed E-state index contributed by atoms with van der Waals surface area (Å²) >= 11 is 10.1. The van der Waals surface area contributed by atoms with Crippen LogP contribution in [-0.2, 0) is 13.3 Å². The number of hydrogen-bond donors (Lipinski definition) is 0. The van der Waals surface area contributed by atoms with Crippen molar-refractivity contribution in [1.29, 1.82) is 0 Å². The molecule has 0 aliphatic carbocycles. The molecule has 0 radical (unpaired) electrons. The molecule has 0 saturated heterocycles. The van der Waals surface area contributed by atoms with E-state index in [0.717, 1.165) is 0 Å². The first-order chi connectivity index (χ1) is 6.58. The molecule has 0 N–H and O–H groups in total. The van der Waals surface area contributed by atoms with Gasteiger partial charge in [0.05, 0.1) is 0 Å². The summed E-state index contributed by atoms with van der Waals surface area (Å²) in [5, 5.41) is 0. The first kappa shape index (κ1) is 17.1. The van der Waals surface area contributed by atoms with E-state index in [1.54, 1.807) is 6.92 Å². The molecule has 0 spiro atoms. The lowest BCUT2D eigenvalue weighted by atomic mass is 10.9. The highest BCUT2D eigenvalue weighted by atomic mass is 35.5. The van der Waals surface area contributed by atoms with Crippen molar-refractivity contribution in [2.45, 2.75) is 32.5 Å². The number of hydrogen-bond acceptors (Lipinski definition) is 3. The van der Waals surface area contributed by atoms with Gasteiger partial charge in [0.1, 0.15) is 4.84 Å². The summed E-state index contributed by atoms with van der Waals surface area (Å²) in [5.74, 6) is 0. The van der Waals surface area contributed by atoms with Crippen LogP contribution < -0.4 is 0 Å². The Morgan fingerprint density at radius 3 is 1.29 bits per heavy atom. The van der Waals surface area contributed by atoms with Crippen LogP contribution in [0, 0.1) is 0 Å². The molecule has 3 nitrogen and oxygen atoms in total. The Bertz CT molecular complexity index is 89.6. The topological polar surface area (TPSA) is 27.7 Å². The number of rotatable bonds is 6. The van der Waals surface area contributed by atoms with E-state index in [4.69, 9.17) is 36.5 Å². The zero-order chi connectivity index (χ0) is 11.4. The summed E-state index contributed by atoms with van der Waals surface area (Å²) in [6, 6.07) is 0. The fraction of sp³-hybridized carbons (Fsp3) is 1.00. The van der Waals surface area contributed by atoms with Gasteiger partial charge in [-0.25, -0.2) is 0 Å². The zero-order valence-corrected chi connectivity index (χ0v) is 11.9. The van der Waals surface area contributed by atoms with Gasteiger partial charge in [-0.15, -0.1) is 23.2 Å². The van der Waals surface area contributed by atoms with E-state index in [9.17, 15) is 0 Å². The molecule has 0 unspecified atom stereocenters. The molecule has 0 bridgehead atoms. The van der Waals surface area contributed by atoms with Crippen LogP contribution in [-0.4, -0.2) is 34.2 Å². The smallest absolute Gasteiger partial charge is 0.376 e. The minimum absolute atomic E-state index is 0.222. The van der Waals surface area contributed by atoms with Crippen LogP contribution in [0.4, 0.5) is 0 Å². The number of alkyl halides is 2. The monoisotopic (exact) mass is 262 g/mol. The summed E-state index contributed by atoms with van der Waals surface area (Å²) in [6.07, 6.45) is 0. The van der Waals surface area contributed by atoms with E-state index < -0.39 is 9.53 Å². The molecule has 0 aromatic rings. The fourth-order valence-corrected chi connectivity index (χ4v) is 1.66. The first-order valence-electron chi connectivity index (χ1n) is 4.71. The molecule has 0 saturated carbocycles. The molecule has 0 atom stereocenters. The van der Waals surface area contributed by atoms with E-state index in [1.165, 1.54) is 0 Å². The Morgan fingerprint density at radius 1 is 0.929 bits per heavy atom. The second-order valence-corrected chi connectivity index (χ2v) is 5.28. The van der Waals surface area contributed by atoms with Crippen LogP contribution in [0.25, 0.3) is 0 Å². The van der Waals surface area contributed by atoms with Gasteiger partial charge in [0.15, 0.2) is 0 Å². The maximum Gasteiger partial charge on any atom is 0.484 e. The largest absolute Gasteiger partial charge is 0.484 e.